The minimum atomic E-state index is 0.737. The van der Waals surface area contributed by atoms with Crippen molar-refractivity contribution in [2.24, 2.45) is 5.92 Å². The first-order valence-corrected chi connectivity index (χ1v) is 5.74. The fourth-order valence-electron chi connectivity index (χ4n) is 1.77. The van der Waals surface area contributed by atoms with Gasteiger partial charge >= 0.3 is 0 Å². The molecule has 1 heteroatoms. The van der Waals surface area contributed by atoms with E-state index in [-0.39, 0.29) is 0 Å². The SMILES string of the molecule is CC1CCCC1.Cc1ccc(C=O)cc1. The van der Waals surface area contributed by atoms with Crippen LogP contribution < -0.4 is 0 Å². The summed E-state index contributed by atoms with van der Waals surface area (Å²) in [5, 5.41) is 0. The van der Waals surface area contributed by atoms with Crippen LogP contribution in [0.5, 0.6) is 0 Å². The molecule has 1 aliphatic rings. The quantitative estimate of drug-likeness (QED) is 0.632. The lowest BCUT2D eigenvalue weighted by atomic mass is 10.2. The van der Waals surface area contributed by atoms with E-state index in [1.165, 1.54) is 31.2 Å². The largest absolute Gasteiger partial charge is 0.298 e. The average Bonchev–Trinajstić information content (AvgIpc) is 2.71. The highest BCUT2D eigenvalue weighted by molar-refractivity contribution is 5.74. The zero-order chi connectivity index (χ0) is 11.1. The Morgan fingerprint density at radius 3 is 2.00 bits per heavy atom. The molecule has 0 radical (unpaired) electrons. The minimum absolute atomic E-state index is 0.737. The number of carbonyl (C=O) groups is 1. The van der Waals surface area contributed by atoms with Gasteiger partial charge in [-0.25, -0.2) is 0 Å². The van der Waals surface area contributed by atoms with E-state index in [1.807, 2.05) is 31.2 Å². The fourth-order valence-corrected chi connectivity index (χ4v) is 1.77. The summed E-state index contributed by atoms with van der Waals surface area (Å²) in [4.78, 5) is 10.1. The Morgan fingerprint density at radius 2 is 1.67 bits per heavy atom. The number of carbonyl (C=O) groups excluding carboxylic acids is 1. The molecule has 0 amide bonds. The average molecular weight is 204 g/mol. The lowest BCUT2D eigenvalue weighted by Crippen LogP contribution is -1.78. The second-order valence-electron chi connectivity index (χ2n) is 4.42. The van der Waals surface area contributed by atoms with E-state index in [0.717, 1.165) is 17.8 Å². The van der Waals surface area contributed by atoms with Crippen LogP contribution in [-0.4, -0.2) is 6.29 Å². The highest BCUT2D eigenvalue weighted by Gasteiger charge is 2.07. The number of rotatable bonds is 1. The smallest absolute Gasteiger partial charge is 0.150 e. The maximum atomic E-state index is 10.1. The van der Waals surface area contributed by atoms with Crippen molar-refractivity contribution in [3.63, 3.8) is 0 Å². The van der Waals surface area contributed by atoms with E-state index in [9.17, 15) is 4.79 Å². The van der Waals surface area contributed by atoms with Crippen LogP contribution in [0.2, 0.25) is 0 Å². The van der Waals surface area contributed by atoms with Crippen molar-refractivity contribution in [2.45, 2.75) is 39.5 Å². The highest BCUT2D eigenvalue weighted by atomic mass is 16.1. The van der Waals surface area contributed by atoms with Crippen LogP contribution in [-0.2, 0) is 0 Å². The lowest BCUT2D eigenvalue weighted by molar-refractivity contribution is 0.112. The summed E-state index contributed by atoms with van der Waals surface area (Å²) < 4.78 is 0. The van der Waals surface area contributed by atoms with Gasteiger partial charge in [-0.1, -0.05) is 62.4 Å². The van der Waals surface area contributed by atoms with Gasteiger partial charge in [0.05, 0.1) is 0 Å². The van der Waals surface area contributed by atoms with Crippen LogP contribution in [0.3, 0.4) is 0 Å². The molecule has 1 saturated carbocycles. The predicted octanol–water partition coefficient (Wildman–Crippen LogP) is 4.00. The van der Waals surface area contributed by atoms with Crippen molar-refractivity contribution in [2.75, 3.05) is 0 Å². The molecule has 1 aromatic carbocycles. The van der Waals surface area contributed by atoms with Crippen molar-refractivity contribution >= 4 is 6.29 Å². The Bertz CT molecular complexity index is 281. The maximum absolute atomic E-state index is 10.1. The number of hydrogen-bond donors (Lipinski definition) is 0. The third kappa shape index (κ3) is 4.78. The molecule has 1 aromatic rings. The van der Waals surface area contributed by atoms with Gasteiger partial charge in [0, 0.05) is 5.56 Å². The van der Waals surface area contributed by atoms with Crippen LogP contribution in [0.4, 0.5) is 0 Å². The molecule has 15 heavy (non-hydrogen) atoms. The van der Waals surface area contributed by atoms with Crippen LogP contribution in [0.15, 0.2) is 24.3 Å². The Hall–Kier alpha value is -1.11. The number of benzene rings is 1. The Balaban J connectivity index is 0.000000162. The van der Waals surface area contributed by atoms with Gasteiger partial charge < -0.3 is 0 Å². The fraction of sp³-hybridized carbons (Fsp3) is 0.500. The molecule has 1 nitrogen and oxygen atoms in total. The van der Waals surface area contributed by atoms with Gasteiger partial charge in [-0.2, -0.15) is 0 Å². The molecule has 0 heterocycles. The predicted molar refractivity (Wildman–Crippen MR) is 64.2 cm³/mol. The molecule has 82 valence electrons. The molecule has 2 rings (SSSR count). The maximum Gasteiger partial charge on any atom is 0.150 e. The monoisotopic (exact) mass is 204 g/mol. The van der Waals surface area contributed by atoms with Gasteiger partial charge in [0.1, 0.15) is 6.29 Å². The van der Waals surface area contributed by atoms with E-state index in [1.54, 1.807) is 0 Å². The molecule has 0 aliphatic heterocycles. The Labute approximate surface area is 92.5 Å². The van der Waals surface area contributed by atoms with E-state index >= 15 is 0 Å². The van der Waals surface area contributed by atoms with E-state index in [0.29, 0.717) is 0 Å². The second kappa shape index (κ2) is 6.39. The van der Waals surface area contributed by atoms with Crippen molar-refractivity contribution in [1.29, 1.82) is 0 Å². The third-order valence-corrected chi connectivity index (χ3v) is 2.86. The Kier molecular flexibility index (Phi) is 5.09. The normalized spacial score (nSPS) is 15.6. The van der Waals surface area contributed by atoms with Gasteiger partial charge in [-0.15, -0.1) is 0 Å². The van der Waals surface area contributed by atoms with Gasteiger partial charge in [0.15, 0.2) is 0 Å². The summed E-state index contributed by atoms with van der Waals surface area (Å²) in [6.07, 6.45) is 6.79. The molecular weight excluding hydrogens is 184 g/mol. The van der Waals surface area contributed by atoms with Crippen LogP contribution in [0.25, 0.3) is 0 Å². The van der Waals surface area contributed by atoms with Crippen LogP contribution in [0.1, 0.15) is 48.5 Å². The van der Waals surface area contributed by atoms with Crippen LogP contribution in [0, 0.1) is 12.8 Å². The lowest BCUT2D eigenvalue weighted by Gasteiger charge is -1.91. The van der Waals surface area contributed by atoms with Gasteiger partial charge in [0.25, 0.3) is 0 Å². The number of hydrogen-bond acceptors (Lipinski definition) is 1. The summed E-state index contributed by atoms with van der Waals surface area (Å²) in [6, 6.07) is 7.46. The zero-order valence-corrected chi connectivity index (χ0v) is 9.70. The van der Waals surface area contributed by atoms with Gasteiger partial charge in [-0.3, -0.25) is 4.79 Å². The third-order valence-electron chi connectivity index (χ3n) is 2.86. The molecule has 1 aliphatic carbocycles. The summed E-state index contributed by atoms with van der Waals surface area (Å²) in [7, 11) is 0. The van der Waals surface area contributed by atoms with Crippen molar-refractivity contribution in [3.05, 3.63) is 35.4 Å². The first-order chi connectivity index (χ1) is 7.22. The molecule has 1 fully saturated rings. The summed E-state index contributed by atoms with van der Waals surface area (Å²) >= 11 is 0. The molecule has 0 atom stereocenters. The molecule has 0 aromatic heterocycles. The number of aryl methyl sites for hydroxylation is 1. The van der Waals surface area contributed by atoms with E-state index < -0.39 is 0 Å². The van der Waals surface area contributed by atoms with Crippen molar-refractivity contribution in [1.82, 2.24) is 0 Å². The summed E-state index contributed by atoms with van der Waals surface area (Å²) in [6.45, 7) is 4.33. The summed E-state index contributed by atoms with van der Waals surface area (Å²) in [5.74, 6) is 1.05. The van der Waals surface area contributed by atoms with Crippen molar-refractivity contribution < 1.29 is 4.79 Å². The highest BCUT2D eigenvalue weighted by Crippen LogP contribution is 2.22. The first kappa shape index (κ1) is 12.0. The first-order valence-electron chi connectivity index (χ1n) is 5.74. The molecule has 0 bridgehead atoms. The van der Waals surface area contributed by atoms with Crippen LogP contribution >= 0.6 is 0 Å². The molecule has 0 N–H and O–H groups in total. The summed E-state index contributed by atoms with van der Waals surface area (Å²) in [5.41, 5.74) is 1.92. The van der Waals surface area contributed by atoms with E-state index in [2.05, 4.69) is 6.92 Å². The topological polar surface area (TPSA) is 17.1 Å². The number of aldehydes is 1. The van der Waals surface area contributed by atoms with Crippen molar-refractivity contribution in [3.8, 4) is 0 Å². The Morgan fingerprint density at radius 1 is 1.13 bits per heavy atom. The van der Waals surface area contributed by atoms with Gasteiger partial charge in [0.2, 0.25) is 0 Å². The molecule has 0 spiro atoms. The molecule has 0 saturated heterocycles. The molecule has 0 unspecified atom stereocenters. The minimum Gasteiger partial charge on any atom is -0.298 e. The zero-order valence-electron chi connectivity index (χ0n) is 9.70. The second-order valence-corrected chi connectivity index (χ2v) is 4.42. The van der Waals surface area contributed by atoms with E-state index in [4.69, 9.17) is 0 Å². The van der Waals surface area contributed by atoms with Gasteiger partial charge in [-0.05, 0) is 12.8 Å². The molecular formula is C14H20O. The standard InChI is InChI=1S/C8H8O.C6H12/c1-7-2-4-8(6-9)5-3-7;1-6-4-2-3-5-6/h2-6H,1H3;6H,2-5H2,1H3.